The summed E-state index contributed by atoms with van der Waals surface area (Å²) in [4.78, 5) is 4.55. The van der Waals surface area contributed by atoms with Crippen molar-refractivity contribution in [2.24, 2.45) is 7.05 Å². The van der Waals surface area contributed by atoms with Crippen molar-refractivity contribution in [3.05, 3.63) is 85.3 Å². The highest BCUT2D eigenvalue weighted by atomic mass is 16.5. The van der Waals surface area contributed by atoms with Crippen LogP contribution in [-0.4, -0.2) is 14.1 Å². The molecule has 0 amide bonds. The van der Waals surface area contributed by atoms with E-state index in [1.807, 2.05) is 24.5 Å². The van der Waals surface area contributed by atoms with Gasteiger partial charge < -0.3 is 9.47 Å². The maximum atomic E-state index is 6.71. The Morgan fingerprint density at radius 3 is 2.63 bits per heavy atom. The van der Waals surface area contributed by atoms with E-state index in [4.69, 9.17) is 9.47 Å². The maximum absolute atomic E-state index is 6.71. The average molecular weight is 494 g/mol. The number of fused-ring (bicyclic) bond motifs is 5. The summed E-state index contributed by atoms with van der Waals surface area (Å²) in [5.41, 5.74) is 8.75. The minimum Gasteiger partial charge on any atom is -0.446 e. The molecule has 176 valence electrons. The number of imidazole rings is 1. The van der Waals surface area contributed by atoms with Gasteiger partial charge >= 0.3 is 17.2 Å². The lowest BCUT2D eigenvalue weighted by molar-refractivity contribution is -1.01. The molecule has 11 rings (SSSR count). The molecule has 8 heteroatoms. The van der Waals surface area contributed by atoms with E-state index in [9.17, 15) is 0 Å². The summed E-state index contributed by atoms with van der Waals surface area (Å²) in [6.07, 6.45) is 5.96. The molecule has 1 atom stereocenters. The van der Waals surface area contributed by atoms with E-state index in [2.05, 4.69) is 91.3 Å². The Morgan fingerprint density at radius 1 is 0.789 bits per heavy atom. The van der Waals surface area contributed by atoms with Crippen LogP contribution in [0.1, 0.15) is 0 Å². The van der Waals surface area contributed by atoms with Gasteiger partial charge in [-0.1, -0.05) is 18.2 Å². The summed E-state index contributed by atoms with van der Waals surface area (Å²) in [5.74, 6) is 4.37. The van der Waals surface area contributed by atoms with Crippen LogP contribution in [0.15, 0.2) is 85.3 Å². The molecule has 0 N–H and O–H groups in total. The first-order chi connectivity index (χ1) is 18.8. The van der Waals surface area contributed by atoms with E-state index in [0.717, 1.165) is 78.9 Å². The van der Waals surface area contributed by atoms with E-state index >= 15 is 0 Å². The van der Waals surface area contributed by atoms with Crippen molar-refractivity contribution in [1.29, 1.82) is 0 Å². The Kier molecular flexibility index (Phi) is 2.57. The van der Waals surface area contributed by atoms with E-state index in [-0.39, 0.29) is 0 Å². The summed E-state index contributed by atoms with van der Waals surface area (Å²) in [6, 6.07) is 23.4. The molecule has 0 fully saturated rings. The fourth-order valence-corrected chi connectivity index (χ4v) is 7.49. The van der Waals surface area contributed by atoms with Crippen LogP contribution in [0.25, 0.3) is 50.0 Å². The van der Waals surface area contributed by atoms with Gasteiger partial charge in [0.1, 0.15) is 5.56 Å². The normalized spacial score (nSPS) is 18.1. The van der Waals surface area contributed by atoms with Crippen LogP contribution >= 0.6 is 0 Å². The lowest BCUT2D eigenvalue weighted by Gasteiger charge is -2.35. The van der Waals surface area contributed by atoms with Gasteiger partial charge in [0.25, 0.3) is 5.69 Å². The van der Waals surface area contributed by atoms with E-state index in [0.29, 0.717) is 4.70 Å². The van der Waals surface area contributed by atoms with E-state index in [1.54, 1.807) is 0 Å². The fourth-order valence-electron chi connectivity index (χ4n) is 7.49. The number of quaternary nitrogens is 1. The topological polar surface area (TPSA) is 49.0 Å². The highest BCUT2D eigenvalue weighted by Crippen LogP contribution is 2.62. The second-order valence-electron chi connectivity index (χ2n) is 10.4. The number of aromatic nitrogens is 5. The summed E-state index contributed by atoms with van der Waals surface area (Å²) >= 11 is 0. The predicted octanol–water partition coefficient (Wildman–Crippen LogP) is 5.32. The van der Waals surface area contributed by atoms with Gasteiger partial charge in [0.05, 0.1) is 28.7 Å². The summed E-state index contributed by atoms with van der Waals surface area (Å²) in [7, 11) is 2.15. The SMILES string of the molecule is Cn1c2[n+](c3ccccc31)[N+]13c4c(cccc4-2)Oc2ccc4c(c21)-n1c2c(cncc2c2ccc[n+]3c21)O4. The molecular formula is C30H17N6O2+3. The van der Waals surface area contributed by atoms with Crippen molar-refractivity contribution in [3.8, 4) is 40.1 Å². The molecule has 1 unspecified atom stereocenters. The molecule has 4 aliphatic heterocycles. The second kappa shape index (κ2) is 5.39. The third kappa shape index (κ3) is 1.55. The van der Waals surface area contributed by atoms with Gasteiger partial charge in [-0.25, -0.2) is 4.57 Å². The van der Waals surface area contributed by atoms with Gasteiger partial charge in [-0.2, -0.15) is 4.57 Å². The molecule has 4 aromatic heterocycles. The molecule has 0 radical (unpaired) electrons. The molecule has 8 heterocycles. The minimum atomic E-state index is 0.320. The third-order valence-electron chi connectivity index (χ3n) is 8.75. The molecule has 0 aliphatic carbocycles. The molecule has 4 aliphatic rings. The molecule has 0 saturated heterocycles. The molecule has 3 aromatic carbocycles. The van der Waals surface area contributed by atoms with Crippen LogP contribution in [0.4, 0.5) is 11.4 Å². The van der Waals surface area contributed by atoms with Crippen molar-refractivity contribution < 1.29 is 18.8 Å². The number of pyridine rings is 2. The van der Waals surface area contributed by atoms with E-state index in [1.165, 1.54) is 5.52 Å². The van der Waals surface area contributed by atoms with Crippen molar-refractivity contribution in [2.75, 3.05) is 0 Å². The Hall–Kier alpha value is -5.21. The Balaban J connectivity index is 1.52. The van der Waals surface area contributed by atoms with Gasteiger partial charge in [-0.05, 0) is 53.2 Å². The second-order valence-corrected chi connectivity index (χ2v) is 10.4. The van der Waals surface area contributed by atoms with Gasteiger partial charge in [0.15, 0.2) is 34.5 Å². The lowest BCUT2D eigenvalue weighted by atomic mass is 10.1. The summed E-state index contributed by atoms with van der Waals surface area (Å²) < 4.78 is 23.1. The van der Waals surface area contributed by atoms with Crippen LogP contribution in [0.2, 0.25) is 0 Å². The minimum absolute atomic E-state index is 0.320. The number of hydrogen-bond donors (Lipinski definition) is 0. The van der Waals surface area contributed by atoms with Gasteiger partial charge in [0.2, 0.25) is 17.0 Å². The Bertz CT molecular complexity index is 2330. The first-order valence-electron chi connectivity index (χ1n) is 12.7. The first-order valence-corrected chi connectivity index (χ1v) is 12.7. The number of nitrogens with zero attached hydrogens (tertiary/aromatic N) is 6. The van der Waals surface area contributed by atoms with Crippen molar-refractivity contribution >= 4 is 44.3 Å². The summed E-state index contributed by atoms with van der Waals surface area (Å²) in [6.45, 7) is 0. The third-order valence-corrected chi connectivity index (χ3v) is 8.75. The molecule has 7 aromatic rings. The van der Waals surface area contributed by atoms with Gasteiger partial charge in [-0.15, -0.1) is 0 Å². The molecule has 8 nitrogen and oxygen atoms in total. The molecule has 1 spiro atoms. The quantitative estimate of drug-likeness (QED) is 0.212. The Labute approximate surface area is 214 Å². The highest BCUT2D eigenvalue weighted by Gasteiger charge is 2.70. The van der Waals surface area contributed by atoms with E-state index < -0.39 is 0 Å². The number of para-hydroxylation sites is 3. The summed E-state index contributed by atoms with van der Waals surface area (Å²) in [5, 5.41) is 2.21. The van der Waals surface area contributed by atoms with Crippen LogP contribution < -0.4 is 23.5 Å². The molecule has 0 saturated carbocycles. The predicted molar refractivity (Wildman–Crippen MR) is 140 cm³/mol. The highest BCUT2D eigenvalue weighted by molar-refractivity contribution is 6.11. The Morgan fingerprint density at radius 2 is 1.66 bits per heavy atom. The zero-order chi connectivity index (χ0) is 24.5. The zero-order valence-corrected chi connectivity index (χ0v) is 20.1. The number of aryl methyl sites for hydroxylation is 1. The first kappa shape index (κ1) is 18.1. The fraction of sp³-hybridized carbons (Fsp3) is 0.0333. The van der Waals surface area contributed by atoms with Crippen LogP contribution in [-0.2, 0) is 7.05 Å². The molecule has 38 heavy (non-hydrogen) atoms. The largest absolute Gasteiger partial charge is 0.446 e. The number of hydrogen-bond acceptors (Lipinski definition) is 3. The molecular weight excluding hydrogens is 476 g/mol. The lowest BCUT2D eigenvalue weighted by Crippen LogP contribution is -2.84. The van der Waals surface area contributed by atoms with Crippen LogP contribution in [0, 0.1) is 0 Å². The number of benzene rings is 3. The van der Waals surface area contributed by atoms with Gasteiger partial charge in [-0.3, -0.25) is 4.98 Å². The standard InChI is InChI=1S/C30H17N6O2/c1-32-19-8-2-3-9-20(19)35-29(32)17-6-4-10-22-27(17)36(35)28-23(38-22)12-11-21-26(28)34-25-18(14-31-15-24(25)37-21)16-7-5-13-33(36)30(16)34/h2-15H,1H3/q+3. The zero-order valence-electron chi connectivity index (χ0n) is 20.1. The monoisotopic (exact) mass is 493 g/mol. The average Bonchev–Trinajstić information content (AvgIpc) is 3.57. The van der Waals surface area contributed by atoms with Crippen molar-refractivity contribution in [2.45, 2.75) is 0 Å². The van der Waals surface area contributed by atoms with Crippen molar-refractivity contribution in [1.82, 2.24) is 18.8 Å². The number of ether oxygens (including phenoxy) is 2. The number of rotatable bonds is 0. The van der Waals surface area contributed by atoms with Crippen LogP contribution in [0.5, 0.6) is 23.0 Å². The van der Waals surface area contributed by atoms with Crippen molar-refractivity contribution in [3.63, 3.8) is 0 Å². The van der Waals surface area contributed by atoms with Gasteiger partial charge in [0, 0.05) is 10.9 Å². The maximum Gasteiger partial charge on any atom is 0.352 e. The smallest absolute Gasteiger partial charge is 0.352 e. The van der Waals surface area contributed by atoms with Crippen LogP contribution in [0.3, 0.4) is 0 Å². The molecule has 0 bridgehead atoms.